The van der Waals surface area contributed by atoms with Crippen LogP contribution in [-0.2, 0) is 4.74 Å². The molecule has 0 aromatic carbocycles. The molecule has 1 saturated heterocycles. The monoisotopic (exact) mass is 174 g/mol. The summed E-state index contributed by atoms with van der Waals surface area (Å²) in [4.78, 5) is 0. The van der Waals surface area contributed by atoms with Crippen molar-refractivity contribution in [1.29, 1.82) is 0 Å². The second kappa shape index (κ2) is 3.65. The number of aliphatic hydroxyl groups is 5. The van der Waals surface area contributed by atoms with Gasteiger partial charge < -0.3 is 30.3 Å². The normalized spacial score (nSPS) is 49.2. The first kappa shape index (κ1) is 9.85. The largest absolute Gasteiger partial charge is 0.394 e. The fourth-order valence-electron chi connectivity index (χ4n) is 1.08. The van der Waals surface area contributed by atoms with E-state index in [4.69, 9.17) is 25.5 Å². The van der Waals surface area contributed by atoms with Crippen LogP contribution in [0.5, 0.6) is 0 Å². The zero-order valence-corrected chi connectivity index (χ0v) is 6.24. The van der Waals surface area contributed by atoms with Crippen molar-refractivity contribution >= 4 is 0 Å². The Balaban J connectivity index is 2.63. The highest BCUT2D eigenvalue weighted by Crippen LogP contribution is 2.18. The maximum absolute atomic E-state index is 9.12. The van der Waals surface area contributed by atoms with Crippen LogP contribution in [0.3, 0.4) is 0 Å². The Morgan fingerprint density at radius 2 is 1.50 bits per heavy atom. The lowest BCUT2D eigenvalue weighted by Crippen LogP contribution is -2.58. The highest BCUT2D eigenvalue weighted by Gasteiger charge is 2.42. The van der Waals surface area contributed by atoms with Crippen molar-refractivity contribution < 1.29 is 30.3 Å². The predicted octanol–water partition coefficient (Wildman–Crippen LogP) is -3.22. The summed E-state index contributed by atoms with van der Waals surface area (Å²) in [6, 6.07) is 0. The molecule has 1 unspecified atom stereocenters. The topological polar surface area (TPSA) is 110 Å². The van der Waals surface area contributed by atoms with Crippen molar-refractivity contribution in [2.45, 2.75) is 30.7 Å². The first-order valence-electron chi connectivity index (χ1n) is 3.56. The molecule has 6 nitrogen and oxygen atoms in total. The summed E-state index contributed by atoms with van der Waals surface area (Å²) >= 11 is 0. The van der Waals surface area contributed by atoms with Crippen LogP contribution >= 0.6 is 0 Å². The summed E-state index contributed by atoms with van der Waals surface area (Å²) in [7, 11) is 0. The molecule has 0 bridgehead atoms. The average Bonchev–Trinajstić information content (AvgIpc) is 2.08. The van der Waals surface area contributed by atoms with Crippen LogP contribution in [0.4, 0.5) is 0 Å². The molecule has 0 saturated carbocycles. The lowest BCUT2D eigenvalue weighted by molar-refractivity contribution is -0.286. The number of aliphatic hydroxyl groups excluding tert-OH is 5. The van der Waals surface area contributed by atoms with Gasteiger partial charge in [-0.05, 0) is 0 Å². The van der Waals surface area contributed by atoms with E-state index in [2.05, 4.69) is 4.74 Å². The smallest absolute Gasteiger partial charge is 0.184 e. The van der Waals surface area contributed by atoms with E-state index in [-0.39, 0.29) is 0 Å². The number of rotatable bonds is 1. The summed E-state index contributed by atoms with van der Waals surface area (Å²) in [6.45, 7) is -0.526. The molecule has 5 atom stereocenters. The first-order valence-corrected chi connectivity index (χ1v) is 3.56. The highest BCUT2D eigenvalue weighted by atomic mass is 16.5. The minimum Gasteiger partial charge on any atom is -0.394 e. The lowest BCUT2D eigenvalue weighted by Gasteiger charge is -2.37. The van der Waals surface area contributed by atoms with Crippen molar-refractivity contribution in [2.24, 2.45) is 0 Å². The zero-order chi connectivity index (χ0) is 9.30. The fourth-order valence-corrected chi connectivity index (χ4v) is 1.08. The molecule has 0 aromatic heterocycles. The molecular weight excluding hydrogens is 162 g/mol. The van der Waals surface area contributed by atoms with Crippen molar-refractivity contribution in [2.75, 3.05) is 6.61 Å². The molecule has 0 radical (unpaired) electrons. The predicted molar refractivity (Wildman–Crippen MR) is 36.0 cm³/mol. The van der Waals surface area contributed by atoms with Gasteiger partial charge in [0.05, 0.1) is 6.61 Å². The Kier molecular flexibility index (Phi) is 2.99. The third kappa shape index (κ3) is 1.58. The van der Waals surface area contributed by atoms with Crippen molar-refractivity contribution in [3.05, 3.63) is 0 Å². The molecular formula is C6H12O6. The first-order chi connectivity index (χ1) is 5.57. The van der Waals surface area contributed by atoms with E-state index in [1.807, 2.05) is 0 Å². The minimum absolute atomic E-state index is 0.526. The second-order valence-corrected chi connectivity index (χ2v) is 2.72. The molecule has 6 heteroatoms. The maximum atomic E-state index is 9.12. The van der Waals surface area contributed by atoms with Gasteiger partial charge in [-0.25, -0.2) is 0 Å². The summed E-state index contributed by atoms with van der Waals surface area (Å²) in [5, 5.41) is 44.7. The Morgan fingerprint density at radius 1 is 0.917 bits per heavy atom. The summed E-state index contributed by atoms with van der Waals surface area (Å²) < 4.78 is 4.58. The summed E-state index contributed by atoms with van der Waals surface area (Å²) in [5.41, 5.74) is 0. The second-order valence-electron chi connectivity index (χ2n) is 2.72. The van der Waals surface area contributed by atoms with Crippen LogP contribution in [0, 0.1) is 0 Å². The van der Waals surface area contributed by atoms with E-state index in [0.717, 1.165) is 0 Å². The van der Waals surface area contributed by atoms with Gasteiger partial charge in [0.1, 0.15) is 24.4 Å². The standard InChI is InChI=1S/C6H12O6/c7-1-2-3(8)4(9)5(10)6(11)12-2/h2-11H,1H2/t2-,3-,4+,5-,6?/m1/s1/i1-1,2-1,3-1,4-1,5-1,6-1. The van der Waals surface area contributed by atoms with Gasteiger partial charge in [0, 0.05) is 0 Å². The van der Waals surface area contributed by atoms with Crippen molar-refractivity contribution in [3.63, 3.8) is 0 Å². The molecule has 1 fully saturated rings. The quantitative estimate of drug-likeness (QED) is 0.286. The van der Waals surface area contributed by atoms with Crippen molar-refractivity contribution in [1.82, 2.24) is 0 Å². The molecule has 0 spiro atoms. The van der Waals surface area contributed by atoms with Gasteiger partial charge in [-0.3, -0.25) is 0 Å². The van der Waals surface area contributed by atoms with E-state index >= 15 is 0 Å². The third-order valence-electron chi connectivity index (χ3n) is 1.87. The highest BCUT2D eigenvalue weighted by molar-refractivity contribution is 4.87. The Labute approximate surface area is 68.6 Å². The van der Waals surface area contributed by atoms with Gasteiger partial charge in [-0.1, -0.05) is 0 Å². The Hall–Kier alpha value is -0.240. The van der Waals surface area contributed by atoms with Gasteiger partial charge in [-0.15, -0.1) is 0 Å². The van der Waals surface area contributed by atoms with E-state index in [9.17, 15) is 0 Å². The van der Waals surface area contributed by atoms with Crippen LogP contribution in [-0.4, -0.2) is 62.8 Å². The molecule has 1 aliphatic rings. The van der Waals surface area contributed by atoms with E-state index in [1.54, 1.807) is 0 Å². The Bertz CT molecular complexity index is 146. The number of hydrogen-bond donors (Lipinski definition) is 5. The molecule has 1 heterocycles. The molecule has 1 aliphatic heterocycles. The zero-order valence-electron chi connectivity index (χ0n) is 6.24. The number of hydrogen-bond acceptors (Lipinski definition) is 6. The maximum Gasteiger partial charge on any atom is 0.184 e. The lowest BCUT2D eigenvalue weighted by atomic mass is 9.03. The van der Waals surface area contributed by atoms with Gasteiger partial charge in [0.25, 0.3) is 0 Å². The fraction of sp³-hybridized carbons (Fsp3) is 1.00. The van der Waals surface area contributed by atoms with E-state index in [0.29, 0.717) is 0 Å². The SMILES string of the molecule is O[11CH2][11C@H]1O[11CH](O)[11C@H](O)[11C@@H](O)[11C@@H]1O. The summed E-state index contributed by atoms with van der Waals surface area (Å²) in [6.07, 6.45) is -7.04. The number of ether oxygens (including phenoxy) is 1. The van der Waals surface area contributed by atoms with E-state index in [1.165, 1.54) is 0 Å². The minimum atomic E-state index is -1.57. The van der Waals surface area contributed by atoms with Gasteiger partial charge in [0.2, 0.25) is 0 Å². The average molecular weight is 174 g/mol. The Morgan fingerprint density at radius 3 is 2.00 bits per heavy atom. The molecule has 0 aliphatic carbocycles. The van der Waals surface area contributed by atoms with Crippen LogP contribution < -0.4 is 0 Å². The van der Waals surface area contributed by atoms with Crippen LogP contribution in [0.1, 0.15) is 0 Å². The molecule has 5 N–H and O–H groups in total. The van der Waals surface area contributed by atoms with E-state index < -0.39 is 37.3 Å². The van der Waals surface area contributed by atoms with Gasteiger partial charge in [-0.2, -0.15) is 0 Å². The van der Waals surface area contributed by atoms with Gasteiger partial charge >= 0.3 is 0 Å². The van der Waals surface area contributed by atoms with Crippen LogP contribution in [0.25, 0.3) is 0 Å². The summed E-state index contributed by atoms with van der Waals surface area (Å²) in [5.74, 6) is 0. The van der Waals surface area contributed by atoms with Crippen LogP contribution in [0.15, 0.2) is 0 Å². The van der Waals surface area contributed by atoms with Crippen molar-refractivity contribution in [3.8, 4) is 0 Å². The molecule has 0 amide bonds. The third-order valence-corrected chi connectivity index (χ3v) is 1.87. The molecule has 72 valence electrons. The van der Waals surface area contributed by atoms with Crippen LogP contribution in [0.2, 0.25) is 0 Å². The van der Waals surface area contributed by atoms with Gasteiger partial charge in [0.15, 0.2) is 6.29 Å². The molecule has 1 rings (SSSR count). The molecule has 0 aromatic rings. The molecule has 12 heavy (non-hydrogen) atoms.